The molecule has 0 unspecified atom stereocenters. The lowest BCUT2D eigenvalue weighted by Crippen LogP contribution is -2.07. The lowest BCUT2D eigenvalue weighted by atomic mass is 10.1. The van der Waals surface area contributed by atoms with E-state index in [1.165, 1.54) is 0 Å². The van der Waals surface area contributed by atoms with E-state index in [0.29, 0.717) is 12.1 Å². The number of hydrogen-bond acceptors (Lipinski definition) is 3. The van der Waals surface area contributed by atoms with Crippen LogP contribution in [-0.2, 0) is 13.5 Å². The molecule has 0 amide bonds. The molecule has 0 aromatic carbocycles. The molecule has 16 heavy (non-hydrogen) atoms. The Kier molecular flexibility index (Phi) is 2.81. The maximum Gasteiger partial charge on any atom is 0.187 e. The van der Waals surface area contributed by atoms with Gasteiger partial charge in [-0.2, -0.15) is 5.10 Å². The number of aromatic nitrogens is 3. The largest absolute Gasteiger partial charge is 0.292 e. The first kappa shape index (κ1) is 10.5. The van der Waals surface area contributed by atoms with Gasteiger partial charge in [-0.3, -0.25) is 14.5 Å². The number of Topliss-reactive ketones (excluding diaryl/α,β-unsaturated/α-hetero) is 1. The molecule has 2 heterocycles. The molecule has 0 aliphatic heterocycles. The average molecular weight is 215 g/mol. The fraction of sp³-hybridized carbons (Fsp3) is 0.250. The van der Waals surface area contributed by atoms with Gasteiger partial charge < -0.3 is 0 Å². The fourth-order valence-corrected chi connectivity index (χ4v) is 1.51. The number of aryl methyl sites for hydroxylation is 2. The second-order valence-electron chi connectivity index (χ2n) is 3.74. The Hall–Kier alpha value is -1.97. The Balaban J connectivity index is 2.14. The Morgan fingerprint density at radius 3 is 2.81 bits per heavy atom. The van der Waals surface area contributed by atoms with Crippen molar-refractivity contribution in [3.63, 3.8) is 0 Å². The summed E-state index contributed by atoms with van der Waals surface area (Å²) in [6.07, 6.45) is 2.13. The summed E-state index contributed by atoms with van der Waals surface area (Å²) >= 11 is 0. The molecule has 82 valence electrons. The number of pyridine rings is 1. The SMILES string of the molecule is Cc1cccc(C(=O)Cc2ccn(C)n2)n1. The molecule has 0 aliphatic carbocycles. The van der Waals surface area contributed by atoms with Crippen LogP contribution >= 0.6 is 0 Å². The van der Waals surface area contributed by atoms with Crippen LogP contribution in [0.15, 0.2) is 30.5 Å². The molecule has 0 bridgehead atoms. The van der Waals surface area contributed by atoms with Crippen LogP contribution in [-0.4, -0.2) is 20.5 Å². The van der Waals surface area contributed by atoms with E-state index in [9.17, 15) is 4.79 Å². The zero-order chi connectivity index (χ0) is 11.5. The summed E-state index contributed by atoms with van der Waals surface area (Å²) in [6.45, 7) is 1.87. The normalized spacial score (nSPS) is 10.4. The molecule has 2 aromatic heterocycles. The summed E-state index contributed by atoms with van der Waals surface area (Å²) in [4.78, 5) is 16.1. The molecule has 0 radical (unpaired) electrons. The number of ketones is 1. The van der Waals surface area contributed by atoms with Crippen LogP contribution in [0.1, 0.15) is 21.9 Å². The van der Waals surface area contributed by atoms with Gasteiger partial charge in [0.2, 0.25) is 0 Å². The first-order valence-electron chi connectivity index (χ1n) is 5.10. The van der Waals surface area contributed by atoms with Gasteiger partial charge in [0.05, 0.1) is 12.1 Å². The number of carbonyl (C=O) groups excluding carboxylic acids is 1. The summed E-state index contributed by atoms with van der Waals surface area (Å²) in [5, 5.41) is 4.17. The second kappa shape index (κ2) is 4.26. The Bertz CT molecular complexity index is 516. The maximum atomic E-state index is 11.9. The van der Waals surface area contributed by atoms with E-state index in [1.54, 1.807) is 10.7 Å². The van der Waals surface area contributed by atoms with Crippen LogP contribution in [0.3, 0.4) is 0 Å². The van der Waals surface area contributed by atoms with Gasteiger partial charge >= 0.3 is 0 Å². The van der Waals surface area contributed by atoms with Crippen LogP contribution in [0, 0.1) is 6.92 Å². The van der Waals surface area contributed by atoms with Crippen molar-refractivity contribution in [2.45, 2.75) is 13.3 Å². The van der Waals surface area contributed by atoms with Gasteiger partial charge in [-0.05, 0) is 25.1 Å². The smallest absolute Gasteiger partial charge is 0.187 e. The zero-order valence-electron chi connectivity index (χ0n) is 9.34. The summed E-state index contributed by atoms with van der Waals surface area (Å²) in [5.74, 6) is 0.00222. The molecule has 4 heteroatoms. The van der Waals surface area contributed by atoms with E-state index in [-0.39, 0.29) is 5.78 Å². The van der Waals surface area contributed by atoms with E-state index in [1.807, 2.05) is 38.4 Å². The molecular formula is C12H13N3O. The molecule has 0 atom stereocenters. The lowest BCUT2D eigenvalue weighted by molar-refractivity contribution is 0.0987. The predicted molar refractivity (Wildman–Crippen MR) is 60.2 cm³/mol. The van der Waals surface area contributed by atoms with Gasteiger partial charge in [0, 0.05) is 18.9 Å². The topological polar surface area (TPSA) is 47.8 Å². The van der Waals surface area contributed by atoms with Crippen molar-refractivity contribution in [1.29, 1.82) is 0 Å². The number of hydrogen-bond donors (Lipinski definition) is 0. The van der Waals surface area contributed by atoms with Gasteiger partial charge in [-0.25, -0.2) is 0 Å². The molecule has 0 aliphatic rings. The monoisotopic (exact) mass is 215 g/mol. The van der Waals surface area contributed by atoms with E-state index in [2.05, 4.69) is 10.1 Å². The third-order valence-corrected chi connectivity index (χ3v) is 2.28. The average Bonchev–Trinajstić information content (AvgIpc) is 2.64. The summed E-state index contributed by atoms with van der Waals surface area (Å²) < 4.78 is 1.69. The van der Waals surface area contributed by atoms with Gasteiger partial charge in [0.1, 0.15) is 5.69 Å². The highest BCUT2D eigenvalue weighted by Gasteiger charge is 2.10. The molecule has 0 spiro atoms. The van der Waals surface area contributed by atoms with Gasteiger partial charge in [-0.15, -0.1) is 0 Å². The quantitative estimate of drug-likeness (QED) is 0.730. The Morgan fingerprint density at radius 2 is 2.19 bits per heavy atom. The predicted octanol–water partition coefficient (Wildman–Crippen LogP) is 1.55. The number of rotatable bonds is 3. The molecule has 0 fully saturated rings. The molecule has 2 aromatic rings. The van der Waals surface area contributed by atoms with E-state index in [4.69, 9.17) is 0 Å². The first-order chi connectivity index (χ1) is 7.65. The zero-order valence-corrected chi connectivity index (χ0v) is 9.34. The maximum absolute atomic E-state index is 11.9. The van der Waals surface area contributed by atoms with Gasteiger partial charge in [0.15, 0.2) is 5.78 Å². The number of nitrogens with zero attached hydrogens (tertiary/aromatic N) is 3. The van der Waals surface area contributed by atoms with Gasteiger partial charge in [0.25, 0.3) is 0 Å². The lowest BCUT2D eigenvalue weighted by Gasteiger charge is -1.99. The van der Waals surface area contributed by atoms with Crippen molar-refractivity contribution in [3.8, 4) is 0 Å². The third-order valence-electron chi connectivity index (χ3n) is 2.28. The minimum atomic E-state index is 0.00222. The van der Waals surface area contributed by atoms with Crippen LogP contribution in [0.4, 0.5) is 0 Å². The summed E-state index contributed by atoms with van der Waals surface area (Å²) in [6, 6.07) is 7.29. The molecule has 4 nitrogen and oxygen atoms in total. The minimum absolute atomic E-state index is 0.00222. The van der Waals surface area contributed by atoms with Crippen molar-refractivity contribution < 1.29 is 4.79 Å². The van der Waals surface area contributed by atoms with E-state index < -0.39 is 0 Å². The standard InChI is InChI=1S/C12H13N3O/c1-9-4-3-5-11(13-9)12(16)8-10-6-7-15(2)14-10/h3-7H,8H2,1-2H3. The highest BCUT2D eigenvalue weighted by atomic mass is 16.1. The molecule has 0 saturated carbocycles. The van der Waals surface area contributed by atoms with Crippen LogP contribution in [0.2, 0.25) is 0 Å². The van der Waals surface area contributed by atoms with Crippen molar-refractivity contribution in [1.82, 2.24) is 14.8 Å². The van der Waals surface area contributed by atoms with Crippen molar-refractivity contribution >= 4 is 5.78 Å². The summed E-state index contributed by atoms with van der Waals surface area (Å²) in [7, 11) is 1.83. The van der Waals surface area contributed by atoms with E-state index >= 15 is 0 Å². The van der Waals surface area contributed by atoms with Crippen molar-refractivity contribution in [2.75, 3.05) is 0 Å². The molecule has 0 saturated heterocycles. The second-order valence-corrected chi connectivity index (χ2v) is 3.74. The molecule has 0 N–H and O–H groups in total. The summed E-state index contributed by atoms with van der Waals surface area (Å²) in [5.41, 5.74) is 2.13. The number of carbonyl (C=O) groups is 1. The molecule has 2 rings (SSSR count). The minimum Gasteiger partial charge on any atom is -0.292 e. The van der Waals surface area contributed by atoms with Crippen LogP contribution in [0.25, 0.3) is 0 Å². The fourth-order valence-electron chi connectivity index (χ4n) is 1.51. The highest BCUT2D eigenvalue weighted by molar-refractivity contribution is 5.95. The van der Waals surface area contributed by atoms with Crippen molar-refractivity contribution in [2.24, 2.45) is 7.05 Å². The highest BCUT2D eigenvalue weighted by Crippen LogP contribution is 2.04. The Morgan fingerprint density at radius 1 is 1.38 bits per heavy atom. The molecular weight excluding hydrogens is 202 g/mol. The van der Waals surface area contributed by atoms with Crippen LogP contribution in [0.5, 0.6) is 0 Å². The Labute approximate surface area is 93.9 Å². The van der Waals surface area contributed by atoms with Crippen LogP contribution < -0.4 is 0 Å². The van der Waals surface area contributed by atoms with Crippen molar-refractivity contribution in [3.05, 3.63) is 47.5 Å². The van der Waals surface area contributed by atoms with E-state index in [0.717, 1.165) is 11.4 Å². The third kappa shape index (κ3) is 2.34. The first-order valence-corrected chi connectivity index (χ1v) is 5.10. The van der Waals surface area contributed by atoms with Gasteiger partial charge in [-0.1, -0.05) is 6.07 Å².